The van der Waals surface area contributed by atoms with E-state index in [0.29, 0.717) is 10.0 Å². The van der Waals surface area contributed by atoms with E-state index in [-0.39, 0.29) is 6.04 Å². The second kappa shape index (κ2) is 6.22. The Labute approximate surface area is 118 Å². The van der Waals surface area contributed by atoms with Gasteiger partial charge in [-0.05, 0) is 24.6 Å². The molecule has 5 heteroatoms. The van der Waals surface area contributed by atoms with Gasteiger partial charge in [-0.2, -0.15) is 0 Å². The normalized spacial score (nSPS) is 20.7. The maximum atomic E-state index is 10.4. The van der Waals surface area contributed by atoms with E-state index < -0.39 is 6.10 Å². The molecule has 0 spiro atoms. The molecule has 2 atom stereocenters. The molecule has 2 unspecified atom stereocenters. The summed E-state index contributed by atoms with van der Waals surface area (Å²) in [6, 6.07) is 5.38. The zero-order valence-corrected chi connectivity index (χ0v) is 11.9. The molecule has 18 heavy (non-hydrogen) atoms. The van der Waals surface area contributed by atoms with Crippen LogP contribution in [-0.4, -0.2) is 42.2 Å². The molecule has 0 saturated carbocycles. The highest BCUT2D eigenvalue weighted by Gasteiger charge is 2.24. The molecule has 1 aliphatic heterocycles. The molecule has 1 saturated heterocycles. The summed E-state index contributed by atoms with van der Waals surface area (Å²) >= 11 is 11.9. The number of piperazine rings is 1. The van der Waals surface area contributed by atoms with Gasteiger partial charge in [0.2, 0.25) is 0 Å². The zero-order chi connectivity index (χ0) is 13.1. The molecule has 100 valence electrons. The molecule has 0 bridgehead atoms. The Bertz CT molecular complexity index is 408. The Morgan fingerprint density at radius 2 is 1.89 bits per heavy atom. The van der Waals surface area contributed by atoms with Crippen molar-refractivity contribution in [2.75, 3.05) is 26.2 Å². The van der Waals surface area contributed by atoms with Crippen molar-refractivity contribution in [1.29, 1.82) is 0 Å². The van der Waals surface area contributed by atoms with Crippen LogP contribution in [0.5, 0.6) is 0 Å². The molecule has 2 rings (SSSR count). The Morgan fingerprint density at radius 3 is 2.50 bits per heavy atom. The van der Waals surface area contributed by atoms with Gasteiger partial charge in [-0.1, -0.05) is 29.3 Å². The molecule has 0 aromatic heterocycles. The van der Waals surface area contributed by atoms with Crippen molar-refractivity contribution in [3.8, 4) is 0 Å². The van der Waals surface area contributed by atoms with Gasteiger partial charge in [0.15, 0.2) is 0 Å². The van der Waals surface area contributed by atoms with Crippen molar-refractivity contribution in [2.45, 2.75) is 19.1 Å². The molecule has 2 N–H and O–H groups in total. The first kappa shape index (κ1) is 14.1. The predicted molar refractivity (Wildman–Crippen MR) is 75.3 cm³/mol. The van der Waals surface area contributed by atoms with Crippen LogP contribution in [0.2, 0.25) is 10.0 Å². The van der Waals surface area contributed by atoms with Crippen LogP contribution in [0, 0.1) is 0 Å². The molecule has 3 nitrogen and oxygen atoms in total. The summed E-state index contributed by atoms with van der Waals surface area (Å²) in [5.74, 6) is 0. The zero-order valence-electron chi connectivity index (χ0n) is 10.4. The number of nitrogens with zero attached hydrogens (tertiary/aromatic N) is 1. The summed E-state index contributed by atoms with van der Waals surface area (Å²) in [4.78, 5) is 2.28. The van der Waals surface area contributed by atoms with E-state index in [1.54, 1.807) is 12.1 Å². The van der Waals surface area contributed by atoms with Gasteiger partial charge in [-0.3, -0.25) is 4.90 Å². The van der Waals surface area contributed by atoms with Crippen molar-refractivity contribution in [2.24, 2.45) is 0 Å². The van der Waals surface area contributed by atoms with Crippen LogP contribution in [0.4, 0.5) is 0 Å². The maximum absolute atomic E-state index is 10.4. The second-order valence-electron chi connectivity index (χ2n) is 4.64. The van der Waals surface area contributed by atoms with E-state index >= 15 is 0 Å². The number of nitrogens with one attached hydrogen (secondary N) is 1. The van der Waals surface area contributed by atoms with Crippen LogP contribution < -0.4 is 5.32 Å². The van der Waals surface area contributed by atoms with Crippen molar-refractivity contribution >= 4 is 23.2 Å². The molecular formula is C13H18Cl2N2O. The average Bonchev–Trinajstić information content (AvgIpc) is 2.41. The van der Waals surface area contributed by atoms with E-state index in [2.05, 4.69) is 10.2 Å². The molecular weight excluding hydrogens is 271 g/mol. The van der Waals surface area contributed by atoms with Crippen molar-refractivity contribution in [3.63, 3.8) is 0 Å². The van der Waals surface area contributed by atoms with E-state index in [0.717, 1.165) is 31.7 Å². The van der Waals surface area contributed by atoms with Gasteiger partial charge in [0.05, 0.1) is 16.1 Å². The lowest BCUT2D eigenvalue weighted by molar-refractivity contribution is 0.0510. The standard InChI is InChI=1S/C13H18Cl2N2O/c1-9(17-6-4-16-5-7-17)13(18)10-2-3-11(14)12(15)8-10/h2-3,8-9,13,16,18H,4-7H2,1H3. The first-order valence-electron chi connectivity index (χ1n) is 6.17. The molecule has 1 aromatic carbocycles. The Hall–Kier alpha value is -0.320. The van der Waals surface area contributed by atoms with Crippen LogP contribution in [0.3, 0.4) is 0 Å². The van der Waals surface area contributed by atoms with Crippen molar-refractivity contribution in [3.05, 3.63) is 33.8 Å². The smallest absolute Gasteiger partial charge is 0.0943 e. The van der Waals surface area contributed by atoms with Crippen LogP contribution >= 0.6 is 23.2 Å². The molecule has 0 aliphatic carbocycles. The highest BCUT2D eigenvalue weighted by molar-refractivity contribution is 6.42. The van der Waals surface area contributed by atoms with E-state index in [9.17, 15) is 5.11 Å². The summed E-state index contributed by atoms with van der Waals surface area (Å²) in [5.41, 5.74) is 0.815. The first-order chi connectivity index (χ1) is 8.59. The Morgan fingerprint density at radius 1 is 1.22 bits per heavy atom. The van der Waals surface area contributed by atoms with Gasteiger partial charge in [0, 0.05) is 32.2 Å². The number of rotatable bonds is 3. The van der Waals surface area contributed by atoms with Gasteiger partial charge in [0.25, 0.3) is 0 Å². The highest BCUT2D eigenvalue weighted by atomic mass is 35.5. The number of benzene rings is 1. The summed E-state index contributed by atoms with van der Waals surface area (Å²) in [6.45, 7) is 5.90. The highest BCUT2D eigenvalue weighted by Crippen LogP contribution is 2.28. The molecule has 0 radical (unpaired) electrons. The minimum absolute atomic E-state index is 0.0735. The van der Waals surface area contributed by atoms with E-state index in [1.165, 1.54) is 0 Å². The third-order valence-corrected chi connectivity index (χ3v) is 4.21. The topological polar surface area (TPSA) is 35.5 Å². The summed E-state index contributed by atoms with van der Waals surface area (Å²) < 4.78 is 0. The fourth-order valence-electron chi connectivity index (χ4n) is 2.26. The fourth-order valence-corrected chi connectivity index (χ4v) is 2.57. The molecule has 1 aliphatic rings. The van der Waals surface area contributed by atoms with Crippen LogP contribution in [0.25, 0.3) is 0 Å². The molecule has 0 amide bonds. The molecule has 1 fully saturated rings. The SMILES string of the molecule is CC(C(O)c1ccc(Cl)c(Cl)c1)N1CCNCC1. The Kier molecular flexibility index (Phi) is 4.87. The van der Waals surface area contributed by atoms with Crippen molar-refractivity contribution in [1.82, 2.24) is 10.2 Å². The lowest BCUT2D eigenvalue weighted by atomic mass is 10.0. The second-order valence-corrected chi connectivity index (χ2v) is 5.46. The predicted octanol–water partition coefficient (Wildman–Crippen LogP) is 2.32. The van der Waals surface area contributed by atoms with Crippen LogP contribution in [0.15, 0.2) is 18.2 Å². The van der Waals surface area contributed by atoms with Gasteiger partial charge in [0.1, 0.15) is 0 Å². The van der Waals surface area contributed by atoms with Crippen molar-refractivity contribution < 1.29 is 5.11 Å². The number of aliphatic hydroxyl groups excluding tert-OH is 1. The third kappa shape index (κ3) is 3.16. The number of aliphatic hydroxyl groups is 1. The first-order valence-corrected chi connectivity index (χ1v) is 6.93. The van der Waals surface area contributed by atoms with Crippen LogP contribution in [0.1, 0.15) is 18.6 Å². The third-order valence-electron chi connectivity index (χ3n) is 3.47. The number of hydrogen-bond donors (Lipinski definition) is 2. The van der Waals surface area contributed by atoms with Crippen LogP contribution in [-0.2, 0) is 0 Å². The molecule has 1 heterocycles. The van der Waals surface area contributed by atoms with E-state index in [1.807, 2.05) is 13.0 Å². The minimum atomic E-state index is -0.544. The Balaban J connectivity index is 2.09. The average molecular weight is 289 g/mol. The lowest BCUT2D eigenvalue weighted by Crippen LogP contribution is -2.49. The monoisotopic (exact) mass is 288 g/mol. The summed E-state index contributed by atoms with van der Waals surface area (Å²) in [5, 5.41) is 14.7. The van der Waals surface area contributed by atoms with Gasteiger partial charge >= 0.3 is 0 Å². The summed E-state index contributed by atoms with van der Waals surface area (Å²) in [6.07, 6.45) is -0.544. The summed E-state index contributed by atoms with van der Waals surface area (Å²) in [7, 11) is 0. The largest absolute Gasteiger partial charge is 0.387 e. The van der Waals surface area contributed by atoms with Gasteiger partial charge in [-0.15, -0.1) is 0 Å². The molecule has 1 aromatic rings. The van der Waals surface area contributed by atoms with Gasteiger partial charge in [-0.25, -0.2) is 0 Å². The number of halogens is 2. The van der Waals surface area contributed by atoms with E-state index in [4.69, 9.17) is 23.2 Å². The number of hydrogen-bond acceptors (Lipinski definition) is 3. The fraction of sp³-hybridized carbons (Fsp3) is 0.538. The maximum Gasteiger partial charge on any atom is 0.0943 e. The quantitative estimate of drug-likeness (QED) is 0.896. The minimum Gasteiger partial charge on any atom is -0.387 e. The lowest BCUT2D eigenvalue weighted by Gasteiger charge is -2.35. The van der Waals surface area contributed by atoms with Gasteiger partial charge < -0.3 is 10.4 Å².